The summed E-state index contributed by atoms with van der Waals surface area (Å²) in [6.07, 6.45) is 3.80. The van der Waals surface area contributed by atoms with E-state index in [1.54, 1.807) is 29.2 Å². The fourth-order valence-electron chi connectivity index (χ4n) is 2.69. The Kier molecular flexibility index (Phi) is 4.65. The van der Waals surface area contributed by atoms with E-state index in [2.05, 4.69) is 15.2 Å². The summed E-state index contributed by atoms with van der Waals surface area (Å²) < 4.78 is 20.0. The smallest absolute Gasteiger partial charge is 0.123 e. The summed E-state index contributed by atoms with van der Waals surface area (Å²) in [4.78, 5) is 2.19. The Morgan fingerprint density at radius 2 is 2.09 bits per heavy atom. The lowest BCUT2D eigenvalue weighted by molar-refractivity contribution is 0.138. The monoisotopic (exact) mass is 306 g/mol. The van der Waals surface area contributed by atoms with Gasteiger partial charge >= 0.3 is 0 Å². The number of halogens is 1. The highest BCUT2D eigenvalue weighted by Gasteiger charge is 2.32. The molecule has 6 nitrogen and oxygen atoms in total. The molecule has 1 fully saturated rings. The summed E-state index contributed by atoms with van der Waals surface area (Å²) in [6.45, 7) is 2.78. The van der Waals surface area contributed by atoms with Gasteiger partial charge in [0.1, 0.15) is 11.6 Å². The molecule has 22 heavy (non-hydrogen) atoms. The average molecular weight is 306 g/mol. The number of nitrogens with zero attached hydrogens (tertiary/aromatic N) is 4. The van der Waals surface area contributed by atoms with Crippen molar-refractivity contribution in [3.05, 3.63) is 42.5 Å². The summed E-state index contributed by atoms with van der Waals surface area (Å²) >= 11 is 0. The maximum absolute atomic E-state index is 12.8. The van der Waals surface area contributed by atoms with E-state index < -0.39 is 6.10 Å². The third-order valence-electron chi connectivity index (χ3n) is 3.82. The van der Waals surface area contributed by atoms with Gasteiger partial charge in [-0.1, -0.05) is 5.21 Å². The molecule has 0 spiro atoms. The number of rotatable bonds is 6. The molecule has 2 atom stereocenters. The van der Waals surface area contributed by atoms with E-state index in [-0.39, 0.29) is 11.9 Å². The van der Waals surface area contributed by atoms with Crippen LogP contribution in [0.25, 0.3) is 0 Å². The normalized spacial score (nSPS) is 22.1. The number of benzene rings is 1. The highest BCUT2D eigenvalue weighted by molar-refractivity contribution is 5.21. The summed E-state index contributed by atoms with van der Waals surface area (Å²) in [5, 5.41) is 17.8. The van der Waals surface area contributed by atoms with Crippen LogP contribution < -0.4 is 4.74 Å². The molecule has 1 saturated heterocycles. The van der Waals surface area contributed by atoms with E-state index in [1.807, 2.05) is 0 Å². The Labute approximate surface area is 128 Å². The topological polar surface area (TPSA) is 63.4 Å². The Morgan fingerprint density at radius 1 is 1.27 bits per heavy atom. The van der Waals surface area contributed by atoms with Crippen molar-refractivity contribution in [2.45, 2.75) is 18.6 Å². The third-order valence-corrected chi connectivity index (χ3v) is 3.82. The van der Waals surface area contributed by atoms with Crippen LogP contribution in [0, 0.1) is 5.82 Å². The predicted molar refractivity (Wildman–Crippen MR) is 78.0 cm³/mol. The molecule has 0 bridgehead atoms. The first kappa shape index (κ1) is 14.9. The lowest BCUT2D eigenvalue weighted by atomic mass is 10.2. The molecule has 0 radical (unpaired) electrons. The molecule has 1 aliphatic heterocycles. The van der Waals surface area contributed by atoms with E-state index in [0.29, 0.717) is 18.9 Å². The Balaban J connectivity index is 1.40. The van der Waals surface area contributed by atoms with E-state index in [0.717, 1.165) is 19.5 Å². The van der Waals surface area contributed by atoms with Crippen LogP contribution in [0.3, 0.4) is 0 Å². The number of likely N-dealkylation sites (tertiary alicyclic amines) is 1. The Bertz CT molecular complexity index is 576. The maximum atomic E-state index is 12.8. The largest absolute Gasteiger partial charge is 0.494 e. The molecule has 0 amide bonds. The van der Waals surface area contributed by atoms with Crippen LogP contribution in [0.2, 0.25) is 0 Å². The van der Waals surface area contributed by atoms with Crippen molar-refractivity contribution in [1.29, 1.82) is 0 Å². The minimum absolute atomic E-state index is 0.0412. The van der Waals surface area contributed by atoms with Crippen molar-refractivity contribution in [1.82, 2.24) is 19.9 Å². The van der Waals surface area contributed by atoms with Crippen LogP contribution in [0.4, 0.5) is 4.39 Å². The second kappa shape index (κ2) is 6.85. The molecule has 1 aromatic heterocycles. The van der Waals surface area contributed by atoms with Crippen molar-refractivity contribution in [3.8, 4) is 5.75 Å². The van der Waals surface area contributed by atoms with E-state index >= 15 is 0 Å². The SMILES string of the molecule is O[C@@H]1CN(CCCOc2ccc(F)cc2)C[C@H]1n1ccnn1. The zero-order valence-electron chi connectivity index (χ0n) is 12.2. The zero-order chi connectivity index (χ0) is 15.4. The number of β-amino-alcohol motifs (C(OH)–C–C–N with tert-alkyl or cyclic N) is 1. The average Bonchev–Trinajstić information content (AvgIpc) is 3.15. The molecule has 3 rings (SSSR count). The molecule has 2 aromatic rings. The van der Waals surface area contributed by atoms with Crippen molar-refractivity contribution >= 4 is 0 Å². The minimum Gasteiger partial charge on any atom is -0.494 e. The molecule has 0 aliphatic carbocycles. The van der Waals surface area contributed by atoms with Crippen LogP contribution in [0.5, 0.6) is 5.75 Å². The standard InChI is InChI=1S/C15H19FN4O2/c16-12-2-4-13(5-3-12)22-9-1-7-19-10-14(15(21)11-19)20-8-6-17-18-20/h2-6,8,14-15,21H,1,7,9-11H2/t14-,15-/m1/s1. The summed E-state index contributed by atoms with van der Waals surface area (Å²) in [5.41, 5.74) is 0. The van der Waals surface area contributed by atoms with Gasteiger partial charge in [0.2, 0.25) is 0 Å². The molecule has 0 saturated carbocycles. The fraction of sp³-hybridized carbons (Fsp3) is 0.467. The van der Waals surface area contributed by atoms with Crippen LogP contribution in [-0.4, -0.2) is 57.3 Å². The van der Waals surface area contributed by atoms with Crippen LogP contribution in [-0.2, 0) is 0 Å². The number of ether oxygens (including phenoxy) is 1. The predicted octanol–water partition coefficient (Wildman–Crippen LogP) is 1.10. The van der Waals surface area contributed by atoms with Crippen molar-refractivity contribution in [2.24, 2.45) is 0 Å². The Hall–Kier alpha value is -1.99. The molecular weight excluding hydrogens is 287 g/mol. The molecule has 7 heteroatoms. The first-order valence-electron chi connectivity index (χ1n) is 7.37. The van der Waals surface area contributed by atoms with Gasteiger partial charge in [-0.25, -0.2) is 9.07 Å². The molecule has 0 unspecified atom stereocenters. The van der Waals surface area contributed by atoms with Gasteiger partial charge in [-0.15, -0.1) is 5.10 Å². The second-order valence-electron chi connectivity index (χ2n) is 5.43. The quantitative estimate of drug-likeness (QED) is 0.810. The van der Waals surface area contributed by atoms with E-state index in [9.17, 15) is 9.50 Å². The molecule has 1 N–H and O–H groups in total. The molecule has 1 aromatic carbocycles. The molecule has 1 aliphatic rings. The lowest BCUT2D eigenvalue weighted by Crippen LogP contribution is -2.24. The van der Waals surface area contributed by atoms with Gasteiger partial charge in [-0.2, -0.15) is 0 Å². The zero-order valence-corrected chi connectivity index (χ0v) is 12.2. The first-order valence-corrected chi connectivity index (χ1v) is 7.37. The fourth-order valence-corrected chi connectivity index (χ4v) is 2.69. The minimum atomic E-state index is -0.431. The van der Waals surface area contributed by atoms with Crippen LogP contribution >= 0.6 is 0 Å². The third kappa shape index (κ3) is 3.61. The van der Waals surface area contributed by atoms with Crippen molar-refractivity contribution in [3.63, 3.8) is 0 Å². The van der Waals surface area contributed by atoms with E-state index in [4.69, 9.17) is 4.74 Å². The molecule has 118 valence electrons. The highest BCUT2D eigenvalue weighted by Crippen LogP contribution is 2.21. The number of hydrogen-bond donors (Lipinski definition) is 1. The van der Waals surface area contributed by atoms with Gasteiger partial charge in [0.25, 0.3) is 0 Å². The molecular formula is C15H19FN4O2. The number of aromatic nitrogens is 3. The number of aliphatic hydroxyl groups excluding tert-OH is 1. The van der Waals surface area contributed by atoms with Gasteiger partial charge in [0.05, 0.1) is 24.9 Å². The van der Waals surface area contributed by atoms with Gasteiger partial charge < -0.3 is 9.84 Å². The summed E-state index contributed by atoms with van der Waals surface area (Å²) in [7, 11) is 0. The van der Waals surface area contributed by atoms with Crippen LogP contribution in [0.15, 0.2) is 36.7 Å². The van der Waals surface area contributed by atoms with E-state index in [1.165, 1.54) is 12.1 Å². The van der Waals surface area contributed by atoms with Crippen LogP contribution in [0.1, 0.15) is 12.5 Å². The summed E-state index contributed by atoms with van der Waals surface area (Å²) in [6, 6.07) is 5.97. The number of aliphatic hydroxyl groups is 1. The number of hydrogen-bond acceptors (Lipinski definition) is 5. The van der Waals surface area contributed by atoms with Crippen molar-refractivity contribution in [2.75, 3.05) is 26.2 Å². The van der Waals surface area contributed by atoms with Crippen molar-refractivity contribution < 1.29 is 14.2 Å². The maximum Gasteiger partial charge on any atom is 0.123 e. The van der Waals surface area contributed by atoms with Gasteiger partial charge in [-0.3, -0.25) is 4.90 Å². The first-order chi connectivity index (χ1) is 10.7. The lowest BCUT2D eigenvalue weighted by Gasteiger charge is -2.15. The summed E-state index contributed by atoms with van der Waals surface area (Å²) in [5.74, 6) is 0.404. The second-order valence-corrected chi connectivity index (χ2v) is 5.43. The van der Waals surface area contributed by atoms with Gasteiger partial charge in [-0.05, 0) is 30.7 Å². The van der Waals surface area contributed by atoms with Gasteiger partial charge in [0.15, 0.2) is 0 Å². The highest BCUT2D eigenvalue weighted by atomic mass is 19.1. The van der Waals surface area contributed by atoms with Gasteiger partial charge in [0, 0.05) is 25.8 Å². The molecule has 2 heterocycles. The Morgan fingerprint density at radius 3 is 2.82 bits per heavy atom.